The fourth-order valence-electron chi connectivity index (χ4n) is 2.35. The first-order valence-electron chi connectivity index (χ1n) is 8.11. The molecule has 1 aromatic heterocycles. The number of benzene rings is 1. The van der Waals surface area contributed by atoms with Crippen molar-refractivity contribution in [3.63, 3.8) is 0 Å². The van der Waals surface area contributed by atoms with Crippen LogP contribution in [0.1, 0.15) is 48.3 Å². The first-order valence-corrected chi connectivity index (χ1v) is 8.11. The highest BCUT2D eigenvalue weighted by Crippen LogP contribution is 2.21. The topological polar surface area (TPSA) is 66.9 Å². The van der Waals surface area contributed by atoms with E-state index in [2.05, 4.69) is 34.4 Å². The molecule has 0 bridgehead atoms. The highest BCUT2D eigenvalue weighted by molar-refractivity contribution is 6.04. The van der Waals surface area contributed by atoms with Crippen molar-refractivity contribution in [2.45, 2.75) is 40.0 Å². The number of hydrogen-bond donors (Lipinski definition) is 2. The fourth-order valence-corrected chi connectivity index (χ4v) is 2.35. The van der Waals surface area contributed by atoms with Crippen molar-refractivity contribution in [2.24, 2.45) is 0 Å². The first-order chi connectivity index (χ1) is 11.2. The van der Waals surface area contributed by atoms with Crippen molar-refractivity contribution < 1.29 is 4.79 Å². The summed E-state index contributed by atoms with van der Waals surface area (Å²) >= 11 is 0. The van der Waals surface area contributed by atoms with Gasteiger partial charge in [0.2, 0.25) is 0 Å². The molecule has 0 atom stereocenters. The molecule has 1 amide bonds. The number of nitrogens with one attached hydrogen (secondary N) is 2. The second kappa shape index (κ2) is 8.27. The third-order valence-electron chi connectivity index (χ3n) is 3.71. The van der Waals surface area contributed by atoms with E-state index in [1.54, 1.807) is 6.07 Å². The van der Waals surface area contributed by atoms with E-state index in [0.29, 0.717) is 11.5 Å². The van der Waals surface area contributed by atoms with E-state index in [1.165, 1.54) is 6.33 Å². The lowest BCUT2D eigenvalue weighted by Gasteiger charge is -2.13. The zero-order valence-corrected chi connectivity index (χ0v) is 14.0. The van der Waals surface area contributed by atoms with Gasteiger partial charge in [-0.2, -0.15) is 0 Å². The number of rotatable bonds is 7. The van der Waals surface area contributed by atoms with Gasteiger partial charge in [-0.1, -0.05) is 38.5 Å². The quantitative estimate of drug-likeness (QED) is 0.763. The summed E-state index contributed by atoms with van der Waals surface area (Å²) < 4.78 is 0. The Labute approximate surface area is 137 Å². The van der Waals surface area contributed by atoms with Gasteiger partial charge in [-0.25, -0.2) is 9.97 Å². The standard InChI is InChI=1S/C18H24N4O/c1-4-6-10-19-16-11-15(20-12-21-16)18(23)22-17-13(3)8-7-9-14(17)5-2/h7-9,11-12H,4-6,10H2,1-3H3,(H,22,23)(H,19,20,21). The minimum atomic E-state index is -0.213. The average Bonchev–Trinajstić information content (AvgIpc) is 2.57. The number of aryl methyl sites for hydroxylation is 2. The molecule has 0 saturated heterocycles. The molecule has 2 aromatic rings. The van der Waals surface area contributed by atoms with E-state index in [0.717, 1.165) is 42.6 Å². The minimum absolute atomic E-state index is 0.213. The Morgan fingerprint density at radius 1 is 1.22 bits per heavy atom. The van der Waals surface area contributed by atoms with Gasteiger partial charge in [0.05, 0.1) is 0 Å². The van der Waals surface area contributed by atoms with Crippen LogP contribution in [0.4, 0.5) is 11.5 Å². The molecule has 23 heavy (non-hydrogen) atoms. The second-order valence-electron chi connectivity index (χ2n) is 5.49. The number of nitrogens with zero attached hydrogens (tertiary/aromatic N) is 2. The van der Waals surface area contributed by atoms with Crippen LogP contribution in [0, 0.1) is 6.92 Å². The molecule has 0 aliphatic heterocycles. The number of hydrogen-bond acceptors (Lipinski definition) is 4. The average molecular weight is 312 g/mol. The van der Waals surface area contributed by atoms with Crippen LogP contribution < -0.4 is 10.6 Å². The lowest BCUT2D eigenvalue weighted by atomic mass is 10.1. The van der Waals surface area contributed by atoms with Crippen LogP contribution in [0.2, 0.25) is 0 Å². The highest BCUT2D eigenvalue weighted by Gasteiger charge is 2.12. The fraction of sp³-hybridized carbons (Fsp3) is 0.389. The van der Waals surface area contributed by atoms with Crippen molar-refractivity contribution in [2.75, 3.05) is 17.2 Å². The maximum atomic E-state index is 12.5. The van der Waals surface area contributed by atoms with Crippen LogP contribution in [0.15, 0.2) is 30.6 Å². The third-order valence-corrected chi connectivity index (χ3v) is 3.71. The zero-order chi connectivity index (χ0) is 16.7. The van der Waals surface area contributed by atoms with Gasteiger partial charge >= 0.3 is 0 Å². The van der Waals surface area contributed by atoms with Gasteiger partial charge in [-0.05, 0) is 30.9 Å². The Bertz CT molecular complexity index is 670. The molecule has 0 aliphatic rings. The number of para-hydroxylation sites is 1. The summed E-state index contributed by atoms with van der Waals surface area (Å²) in [6.07, 6.45) is 4.46. The Hall–Kier alpha value is -2.43. The van der Waals surface area contributed by atoms with Crippen LogP contribution in [0.3, 0.4) is 0 Å². The molecule has 0 spiro atoms. The van der Waals surface area contributed by atoms with E-state index in [4.69, 9.17) is 0 Å². The molecule has 2 N–H and O–H groups in total. The lowest BCUT2D eigenvalue weighted by molar-refractivity contribution is 0.102. The van der Waals surface area contributed by atoms with Gasteiger partial charge in [-0.15, -0.1) is 0 Å². The Morgan fingerprint density at radius 2 is 2.04 bits per heavy atom. The molecular formula is C18H24N4O. The van der Waals surface area contributed by atoms with Crippen molar-refractivity contribution in [3.05, 3.63) is 47.4 Å². The van der Waals surface area contributed by atoms with E-state index >= 15 is 0 Å². The third kappa shape index (κ3) is 4.52. The van der Waals surface area contributed by atoms with Crippen LogP contribution in [0.5, 0.6) is 0 Å². The Kier molecular flexibility index (Phi) is 6.09. The maximum absolute atomic E-state index is 12.5. The molecule has 0 unspecified atom stereocenters. The molecule has 5 heteroatoms. The number of carbonyl (C=O) groups is 1. The molecule has 2 rings (SSSR count). The molecule has 0 fully saturated rings. The van der Waals surface area contributed by atoms with Gasteiger partial charge in [0.25, 0.3) is 5.91 Å². The highest BCUT2D eigenvalue weighted by atomic mass is 16.1. The predicted octanol–water partition coefficient (Wildman–Crippen LogP) is 3.81. The van der Waals surface area contributed by atoms with Gasteiger partial charge in [0, 0.05) is 18.3 Å². The van der Waals surface area contributed by atoms with E-state index in [1.807, 2.05) is 25.1 Å². The molecule has 0 aliphatic carbocycles. The van der Waals surface area contributed by atoms with Gasteiger partial charge in [0.15, 0.2) is 0 Å². The van der Waals surface area contributed by atoms with E-state index < -0.39 is 0 Å². The molecule has 1 heterocycles. The van der Waals surface area contributed by atoms with Crippen molar-refractivity contribution in [1.82, 2.24) is 9.97 Å². The number of amides is 1. The SMILES string of the molecule is CCCCNc1cc(C(=O)Nc2c(C)cccc2CC)ncn1. The normalized spacial score (nSPS) is 10.4. The largest absolute Gasteiger partial charge is 0.370 e. The summed E-state index contributed by atoms with van der Waals surface area (Å²) in [4.78, 5) is 20.7. The number of aromatic nitrogens is 2. The summed E-state index contributed by atoms with van der Waals surface area (Å²) in [5, 5.41) is 6.19. The summed E-state index contributed by atoms with van der Waals surface area (Å²) in [7, 11) is 0. The monoisotopic (exact) mass is 312 g/mol. The van der Waals surface area contributed by atoms with Crippen molar-refractivity contribution >= 4 is 17.4 Å². The molecule has 0 saturated carbocycles. The molecular weight excluding hydrogens is 288 g/mol. The number of anilines is 2. The minimum Gasteiger partial charge on any atom is -0.370 e. The maximum Gasteiger partial charge on any atom is 0.274 e. The number of carbonyl (C=O) groups excluding carboxylic acids is 1. The molecule has 122 valence electrons. The second-order valence-corrected chi connectivity index (χ2v) is 5.49. The first kappa shape index (κ1) is 16.9. The summed E-state index contributed by atoms with van der Waals surface area (Å²) in [5.74, 6) is 0.467. The molecule has 5 nitrogen and oxygen atoms in total. The number of unbranched alkanes of at least 4 members (excludes halogenated alkanes) is 1. The Morgan fingerprint density at radius 3 is 2.78 bits per heavy atom. The van der Waals surface area contributed by atoms with Crippen LogP contribution in [-0.2, 0) is 6.42 Å². The van der Waals surface area contributed by atoms with Crippen molar-refractivity contribution in [3.8, 4) is 0 Å². The summed E-state index contributed by atoms with van der Waals surface area (Å²) in [6.45, 7) is 7.04. The predicted molar refractivity (Wildman–Crippen MR) is 93.9 cm³/mol. The summed E-state index contributed by atoms with van der Waals surface area (Å²) in [5.41, 5.74) is 3.41. The van der Waals surface area contributed by atoms with E-state index in [-0.39, 0.29) is 5.91 Å². The van der Waals surface area contributed by atoms with Gasteiger partial charge < -0.3 is 10.6 Å². The zero-order valence-electron chi connectivity index (χ0n) is 14.0. The van der Waals surface area contributed by atoms with Gasteiger partial charge in [0.1, 0.15) is 17.8 Å². The summed E-state index contributed by atoms with van der Waals surface area (Å²) in [6, 6.07) is 7.71. The van der Waals surface area contributed by atoms with E-state index in [9.17, 15) is 4.79 Å². The molecule has 1 aromatic carbocycles. The smallest absolute Gasteiger partial charge is 0.274 e. The van der Waals surface area contributed by atoms with Crippen molar-refractivity contribution in [1.29, 1.82) is 0 Å². The molecule has 0 radical (unpaired) electrons. The Balaban J connectivity index is 2.14. The van der Waals surface area contributed by atoms with Crippen LogP contribution in [0.25, 0.3) is 0 Å². The van der Waals surface area contributed by atoms with Gasteiger partial charge in [-0.3, -0.25) is 4.79 Å². The lowest BCUT2D eigenvalue weighted by Crippen LogP contribution is -2.16. The van der Waals surface area contributed by atoms with Crippen LogP contribution >= 0.6 is 0 Å². The van der Waals surface area contributed by atoms with Crippen LogP contribution in [-0.4, -0.2) is 22.4 Å².